The third kappa shape index (κ3) is 8.74. The van der Waals surface area contributed by atoms with Crippen LogP contribution in [-0.4, -0.2) is 56.7 Å². The van der Waals surface area contributed by atoms with Gasteiger partial charge in [0.2, 0.25) is 0 Å². The maximum atomic E-state index is 2.46. The van der Waals surface area contributed by atoms with Gasteiger partial charge in [-0.25, -0.2) is 0 Å². The third-order valence-corrected chi connectivity index (χ3v) is 5.98. The zero-order valence-corrected chi connectivity index (χ0v) is 18.2. The molecule has 0 aromatic heterocycles. The molecule has 0 saturated carbocycles. The van der Waals surface area contributed by atoms with Crippen LogP contribution in [0.1, 0.15) is 60.8 Å². The van der Waals surface area contributed by atoms with Crippen LogP contribution < -0.4 is 12.4 Å². The second-order valence-corrected chi connectivity index (χ2v) is 8.20. The van der Waals surface area contributed by atoms with Crippen LogP contribution in [0, 0.1) is 23.7 Å². The summed E-state index contributed by atoms with van der Waals surface area (Å²) in [6.07, 6.45) is 5.48. The lowest BCUT2D eigenvalue weighted by atomic mass is 9.92. The summed E-state index contributed by atoms with van der Waals surface area (Å²) in [5.41, 5.74) is 0. The highest BCUT2D eigenvalue weighted by atomic mass is 35.5. The Labute approximate surface area is 166 Å². The largest absolute Gasteiger partial charge is 1.00 e. The number of likely N-dealkylation sites (tertiary alicyclic amines) is 2. The van der Waals surface area contributed by atoms with E-state index in [1.165, 1.54) is 56.3 Å². The van der Waals surface area contributed by atoms with E-state index in [9.17, 15) is 0 Å². The Balaban J connectivity index is -0.000000328. The van der Waals surface area contributed by atoms with E-state index in [0.717, 1.165) is 23.7 Å². The number of nitrogens with zero attached hydrogens (tertiary/aromatic N) is 2. The molecule has 0 amide bonds. The summed E-state index contributed by atoms with van der Waals surface area (Å²) in [4.78, 5) is 2.46. The highest BCUT2D eigenvalue weighted by Gasteiger charge is 2.37. The third-order valence-electron chi connectivity index (χ3n) is 5.98. The van der Waals surface area contributed by atoms with E-state index in [0.29, 0.717) is 0 Å². The summed E-state index contributed by atoms with van der Waals surface area (Å²) >= 11 is 0. The van der Waals surface area contributed by atoms with Gasteiger partial charge in [0.25, 0.3) is 0 Å². The first-order valence-electron chi connectivity index (χ1n) is 9.37. The van der Waals surface area contributed by atoms with Crippen molar-refractivity contribution >= 4 is 12.4 Å². The molecule has 2 saturated heterocycles. The number of quaternary nitrogens is 1. The molecule has 0 aromatic rings. The molecular formula is C20H46Cl2N2. The molecule has 0 bridgehead atoms. The van der Waals surface area contributed by atoms with Crippen LogP contribution in [0.4, 0.5) is 0 Å². The average molecular weight is 386 g/mol. The molecule has 0 N–H and O–H groups in total. The Bertz CT molecular complexity index is 271. The molecule has 0 spiro atoms. The molecule has 0 aliphatic carbocycles. The van der Waals surface area contributed by atoms with E-state index in [-0.39, 0.29) is 32.2 Å². The summed E-state index contributed by atoms with van der Waals surface area (Å²) in [7, 11) is 6.95. The van der Waals surface area contributed by atoms with Crippen LogP contribution in [0.3, 0.4) is 0 Å². The summed E-state index contributed by atoms with van der Waals surface area (Å²) in [6, 6.07) is 0. The molecule has 0 radical (unpaired) electrons. The summed E-state index contributed by atoms with van der Waals surface area (Å²) in [5.74, 6) is 3.95. The second kappa shape index (κ2) is 13.7. The maximum absolute atomic E-state index is 2.46. The summed E-state index contributed by atoms with van der Waals surface area (Å²) in [6.45, 7) is 14.7. The standard InChI is InChI=1S/C10H22N.C9H19N.CH4.2ClH/c1-5-9-7-11(3,4)8-10(9)6-2;1-4-8-6-10(3)7-9(8)5-2;;;/h9-10H,5-8H2,1-4H3;8-9H,4-7H2,1-3H3;1H4;2*1H/q+1;;;;/p-1. The summed E-state index contributed by atoms with van der Waals surface area (Å²) < 4.78 is 1.25. The molecule has 2 rings (SSSR count). The van der Waals surface area contributed by atoms with Crippen molar-refractivity contribution in [2.75, 3.05) is 47.3 Å². The van der Waals surface area contributed by atoms with Crippen LogP contribution in [0.15, 0.2) is 0 Å². The van der Waals surface area contributed by atoms with Gasteiger partial charge in [-0.2, -0.15) is 0 Å². The topological polar surface area (TPSA) is 3.24 Å². The lowest BCUT2D eigenvalue weighted by Gasteiger charge is -2.23. The van der Waals surface area contributed by atoms with E-state index in [4.69, 9.17) is 0 Å². The minimum atomic E-state index is 0. The number of rotatable bonds is 4. The van der Waals surface area contributed by atoms with Crippen LogP contribution in [-0.2, 0) is 0 Å². The van der Waals surface area contributed by atoms with Crippen molar-refractivity contribution in [1.29, 1.82) is 0 Å². The van der Waals surface area contributed by atoms with Crippen LogP contribution in [0.25, 0.3) is 0 Å². The van der Waals surface area contributed by atoms with E-state index in [1.807, 2.05) is 0 Å². The maximum Gasteiger partial charge on any atom is 0.0815 e. The Morgan fingerprint density at radius 2 is 1.04 bits per heavy atom. The van der Waals surface area contributed by atoms with Crippen LogP contribution in [0.2, 0.25) is 0 Å². The van der Waals surface area contributed by atoms with Gasteiger partial charge in [0.15, 0.2) is 0 Å². The van der Waals surface area contributed by atoms with Crippen molar-refractivity contribution in [3.05, 3.63) is 0 Å². The zero-order valence-electron chi connectivity index (χ0n) is 16.6. The van der Waals surface area contributed by atoms with Gasteiger partial charge in [-0.15, -0.1) is 12.4 Å². The fourth-order valence-electron chi connectivity index (χ4n) is 4.67. The normalized spacial score (nSPS) is 31.1. The summed E-state index contributed by atoms with van der Waals surface area (Å²) in [5, 5.41) is 0. The second-order valence-electron chi connectivity index (χ2n) is 8.20. The molecule has 24 heavy (non-hydrogen) atoms. The predicted octanol–water partition coefficient (Wildman–Crippen LogP) is 2.17. The minimum Gasteiger partial charge on any atom is -1.00 e. The van der Waals surface area contributed by atoms with Crippen LogP contribution in [0.5, 0.6) is 0 Å². The predicted molar refractivity (Wildman–Crippen MR) is 108 cm³/mol. The Kier molecular flexibility index (Phi) is 16.7. The number of hydrogen-bond acceptors (Lipinski definition) is 1. The van der Waals surface area contributed by atoms with Gasteiger partial charge >= 0.3 is 0 Å². The monoisotopic (exact) mass is 384 g/mol. The van der Waals surface area contributed by atoms with Gasteiger partial charge < -0.3 is 21.8 Å². The van der Waals surface area contributed by atoms with Gasteiger partial charge in [-0.1, -0.05) is 48.0 Å². The molecule has 2 heterocycles. The van der Waals surface area contributed by atoms with Crippen molar-refractivity contribution in [3.8, 4) is 0 Å². The Morgan fingerprint density at radius 1 is 0.750 bits per heavy atom. The van der Waals surface area contributed by atoms with E-state index in [2.05, 4.69) is 53.7 Å². The fraction of sp³-hybridized carbons (Fsp3) is 1.00. The molecular weight excluding hydrogens is 339 g/mol. The molecule has 4 atom stereocenters. The highest BCUT2D eigenvalue weighted by molar-refractivity contribution is 5.85. The lowest BCUT2D eigenvalue weighted by molar-refractivity contribution is -0.880. The Morgan fingerprint density at radius 3 is 1.29 bits per heavy atom. The van der Waals surface area contributed by atoms with Gasteiger partial charge in [0.1, 0.15) is 0 Å². The quantitative estimate of drug-likeness (QED) is 0.671. The Hall–Kier alpha value is 0.500. The van der Waals surface area contributed by atoms with Gasteiger partial charge in [-0.05, 0) is 31.7 Å². The molecule has 2 aliphatic heterocycles. The molecule has 150 valence electrons. The van der Waals surface area contributed by atoms with Gasteiger partial charge in [0.05, 0.1) is 27.2 Å². The molecule has 2 aliphatic rings. The molecule has 4 unspecified atom stereocenters. The van der Waals surface area contributed by atoms with E-state index in [1.54, 1.807) is 0 Å². The first kappa shape index (κ1) is 29.3. The molecule has 2 nitrogen and oxygen atoms in total. The molecule has 4 heteroatoms. The molecule has 2 fully saturated rings. The van der Waals surface area contributed by atoms with Crippen molar-refractivity contribution in [1.82, 2.24) is 4.90 Å². The van der Waals surface area contributed by atoms with Gasteiger partial charge in [-0.3, -0.25) is 0 Å². The SMILES string of the molecule is C.CCC1CN(C)CC1CC.CCC1C[N+](C)(C)CC1CC.Cl.[Cl-]. The lowest BCUT2D eigenvalue weighted by Crippen LogP contribution is -3.00. The number of hydrogen-bond donors (Lipinski definition) is 0. The van der Waals surface area contributed by atoms with Crippen molar-refractivity contribution in [2.45, 2.75) is 60.8 Å². The highest BCUT2D eigenvalue weighted by Crippen LogP contribution is 2.31. The average Bonchev–Trinajstić information content (AvgIpc) is 2.97. The number of halogens is 2. The fourth-order valence-corrected chi connectivity index (χ4v) is 4.67. The van der Waals surface area contributed by atoms with E-state index >= 15 is 0 Å². The van der Waals surface area contributed by atoms with Crippen molar-refractivity contribution < 1.29 is 16.9 Å². The molecule has 0 aromatic carbocycles. The first-order chi connectivity index (χ1) is 9.86. The van der Waals surface area contributed by atoms with E-state index < -0.39 is 0 Å². The first-order valence-corrected chi connectivity index (χ1v) is 9.37. The van der Waals surface area contributed by atoms with Crippen molar-refractivity contribution in [3.63, 3.8) is 0 Å². The smallest absolute Gasteiger partial charge is 0.0815 e. The van der Waals surface area contributed by atoms with Crippen LogP contribution >= 0.6 is 12.4 Å². The minimum absolute atomic E-state index is 0. The zero-order chi connectivity index (χ0) is 16.0. The van der Waals surface area contributed by atoms with Gasteiger partial charge in [0, 0.05) is 24.9 Å². The van der Waals surface area contributed by atoms with Crippen molar-refractivity contribution in [2.24, 2.45) is 23.7 Å².